The van der Waals surface area contributed by atoms with Gasteiger partial charge >= 0.3 is 6.03 Å². The van der Waals surface area contributed by atoms with E-state index in [-0.39, 0.29) is 12.2 Å². The number of nitrogens with zero attached hydrogens (tertiary/aromatic N) is 1. The molecule has 1 heterocycles. The number of ether oxygens (including phenoxy) is 2. The lowest BCUT2D eigenvalue weighted by Crippen LogP contribution is -2.30. The Labute approximate surface area is 149 Å². The van der Waals surface area contributed by atoms with Gasteiger partial charge in [-0.2, -0.15) is 0 Å². The summed E-state index contributed by atoms with van der Waals surface area (Å²) in [6, 6.07) is 3.09. The van der Waals surface area contributed by atoms with Gasteiger partial charge in [0, 0.05) is 11.0 Å². The number of benzene rings is 1. The van der Waals surface area contributed by atoms with Crippen molar-refractivity contribution in [3.8, 4) is 11.5 Å². The minimum atomic E-state index is -0.460. The molecule has 7 heteroatoms. The maximum atomic E-state index is 12.3. The van der Waals surface area contributed by atoms with E-state index in [1.54, 1.807) is 18.2 Å². The van der Waals surface area contributed by atoms with Crippen molar-refractivity contribution in [3.05, 3.63) is 40.5 Å². The van der Waals surface area contributed by atoms with Crippen LogP contribution in [0.3, 0.4) is 0 Å². The summed E-state index contributed by atoms with van der Waals surface area (Å²) in [4.78, 5) is 25.2. The fraction of sp³-hybridized carbons (Fsp3) is 0.294. The second kappa shape index (κ2) is 8.01. The summed E-state index contributed by atoms with van der Waals surface area (Å²) in [6.45, 7) is 8.47. The van der Waals surface area contributed by atoms with E-state index in [0.717, 1.165) is 9.37 Å². The maximum absolute atomic E-state index is 12.3. The third-order valence-electron chi connectivity index (χ3n) is 3.24. The Morgan fingerprint density at radius 2 is 1.83 bits per heavy atom. The number of hydrogen-bond acceptors (Lipinski definition) is 4. The van der Waals surface area contributed by atoms with Crippen LogP contribution in [0.1, 0.15) is 19.4 Å². The zero-order valence-electron chi connectivity index (χ0n) is 13.6. The lowest BCUT2D eigenvalue weighted by Gasteiger charge is -2.13. The van der Waals surface area contributed by atoms with Crippen LogP contribution in [0.5, 0.6) is 11.5 Å². The molecule has 1 fully saturated rings. The van der Waals surface area contributed by atoms with Gasteiger partial charge in [0.25, 0.3) is 5.91 Å². The van der Waals surface area contributed by atoms with Crippen LogP contribution in [0.4, 0.5) is 4.79 Å². The van der Waals surface area contributed by atoms with E-state index in [1.165, 1.54) is 6.08 Å². The van der Waals surface area contributed by atoms with Crippen molar-refractivity contribution in [2.45, 2.75) is 13.8 Å². The van der Waals surface area contributed by atoms with Crippen LogP contribution in [0, 0.1) is 0 Å². The number of amides is 3. The first-order valence-corrected chi connectivity index (χ1v) is 8.35. The number of nitrogens with one attached hydrogen (secondary N) is 1. The van der Waals surface area contributed by atoms with Crippen LogP contribution < -0.4 is 14.8 Å². The molecule has 1 aromatic carbocycles. The Bertz CT molecular complexity index is 700. The largest absolute Gasteiger partial charge is 0.490 e. The molecule has 0 aliphatic carbocycles. The number of imide groups is 1. The zero-order valence-corrected chi connectivity index (χ0v) is 15.2. The summed E-state index contributed by atoms with van der Waals surface area (Å²) < 4.78 is 11.9. The summed E-state index contributed by atoms with van der Waals surface area (Å²) >= 11 is 3.46. The van der Waals surface area contributed by atoms with Crippen molar-refractivity contribution < 1.29 is 19.1 Å². The third kappa shape index (κ3) is 3.79. The molecule has 24 heavy (non-hydrogen) atoms. The average molecular weight is 395 g/mol. The first-order chi connectivity index (χ1) is 11.5. The van der Waals surface area contributed by atoms with Gasteiger partial charge in [0.1, 0.15) is 5.70 Å². The Morgan fingerprint density at radius 1 is 1.21 bits per heavy atom. The molecule has 0 bridgehead atoms. The van der Waals surface area contributed by atoms with E-state index >= 15 is 0 Å². The second-order valence-electron chi connectivity index (χ2n) is 4.88. The summed E-state index contributed by atoms with van der Waals surface area (Å²) in [6.07, 6.45) is 3.10. The van der Waals surface area contributed by atoms with E-state index in [2.05, 4.69) is 27.8 Å². The molecule has 0 spiro atoms. The normalized spacial score (nSPS) is 15.6. The monoisotopic (exact) mass is 394 g/mol. The van der Waals surface area contributed by atoms with Gasteiger partial charge in [0.05, 0.1) is 13.2 Å². The number of urea groups is 1. The molecule has 0 aromatic heterocycles. The summed E-state index contributed by atoms with van der Waals surface area (Å²) in [5.74, 6) is 0.802. The van der Waals surface area contributed by atoms with Gasteiger partial charge in [-0.25, -0.2) is 4.79 Å². The molecule has 1 aromatic rings. The van der Waals surface area contributed by atoms with Gasteiger partial charge in [-0.15, -0.1) is 6.58 Å². The van der Waals surface area contributed by atoms with E-state index in [4.69, 9.17) is 9.47 Å². The third-order valence-corrected chi connectivity index (χ3v) is 3.92. The van der Waals surface area contributed by atoms with Crippen LogP contribution in [0.25, 0.3) is 6.08 Å². The molecular formula is C17H19BrN2O4. The van der Waals surface area contributed by atoms with Crippen molar-refractivity contribution in [3.63, 3.8) is 0 Å². The minimum absolute atomic E-state index is 0.163. The van der Waals surface area contributed by atoms with Crippen LogP contribution in [-0.2, 0) is 4.79 Å². The molecule has 3 amide bonds. The second-order valence-corrected chi connectivity index (χ2v) is 5.73. The summed E-state index contributed by atoms with van der Waals surface area (Å²) in [5, 5.41) is 2.56. The summed E-state index contributed by atoms with van der Waals surface area (Å²) in [7, 11) is 0. The SMILES string of the molecule is C=CCN1C(=O)N/C(=C/c2cc(OCC)c(OCC)cc2Br)C1=O. The number of carbonyl (C=O) groups excluding carboxylic acids is 2. The van der Waals surface area contributed by atoms with Crippen molar-refractivity contribution in [1.29, 1.82) is 0 Å². The zero-order chi connectivity index (χ0) is 17.7. The number of hydrogen-bond donors (Lipinski definition) is 1. The minimum Gasteiger partial charge on any atom is -0.490 e. The van der Waals surface area contributed by atoms with Crippen molar-refractivity contribution in [2.24, 2.45) is 0 Å². The molecule has 0 unspecified atom stereocenters. The molecule has 1 aliphatic heterocycles. The standard InChI is InChI=1S/C17H19BrN2O4/c1-4-7-20-16(21)13(19-17(20)22)8-11-9-14(23-5-2)15(24-6-3)10-12(11)18/h4,8-10H,1,5-7H2,2-3H3,(H,19,22)/b13-8+. The molecule has 0 saturated carbocycles. The lowest BCUT2D eigenvalue weighted by atomic mass is 10.1. The van der Waals surface area contributed by atoms with Crippen LogP contribution in [0.2, 0.25) is 0 Å². The average Bonchev–Trinajstić information content (AvgIpc) is 2.80. The molecule has 1 aliphatic rings. The fourth-order valence-electron chi connectivity index (χ4n) is 2.22. The molecule has 2 rings (SSSR count). The van der Waals surface area contributed by atoms with Gasteiger partial charge in [-0.3, -0.25) is 9.69 Å². The number of carbonyl (C=O) groups is 2. The highest BCUT2D eigenvalue weighted by Crippen LogP contribution is 2.35. The van der Waals surface area contributed by atoms with Crippen LogP contribution in [-0.4, -0.2) is 36.6 Å². The van der Waals surface area contributed by atoms with E-state index in [1.807, 2.05) is 13.8 Å². The van der Waals surface area contributed by atoms with E-state index < -0.39 is 11.9 Å². The number of rotatable bonds is 7. The quantitative estimate of drug-likeness (QED) is 0.437. The molecule has 0 atom stereocenters. The first-order valence-electron chi connectivity index (χ1n) is 7.56. The molecule has 0 radical (unpaired) electrons. The lowest BCUT2D eigenvalue weighted by molar-refractivity contribution is -0.122. The van der Waals surface area contributed by atoms with Gasteiger partial charge < -0.3 is 14.8 Å². The maximum Gasteiger partial charge on any atom is 0.329 e. The molecule has 128 valence electrons. The molecule has 1 saturated heterocycles. The Morgan fingerprint density at radius 3 is 2.42 bits per heavy atom. The van der Waals surface area contributed by atoms with Gasteiger partial charge in [0.15, 0.2) is 11.5 Å². The van der Waals surface area contributed by atoms with Gasteiger partial charge in [-0.1, -0.05) is 22.0 Å². The molecular weight excluding hydrogens is 376 g/mol. The van der Waals surface area contributed by atoms with Crippen molar-refractivity contribution in [1.82, 2.24) is 10.2 Å². The molecule has 1 N–H and O–H groups in total. The summed E-state index contributed by atoms with van der Waals surface area (Å²) in [5.41, 5.74) is 0.903. The fourth-order valence-corrected chi connectivity index (χ4v) is 2.66. The Balaban J connectivity index is 2.38. The van der Waals surface area contributed by atoms with E-state index in [0.29, 0.717) is 30.3 Å². The Kier molecular flexibility index (Phi) is 6.03. The van der Waals surface area contributed by atoms with Crippen molar-refractivity contribution in [2.75, 3.05) is 19.8 Å². The van der Waals surface area contributed by atoms with Crippen LogP contribution >= 0.6 is 15.9 Å². The predicted molar refractivity (Wildman–Crippen MR) is 94.9 cm³/mol. The topological polar surface area (TPSA) is 67.9 Å². The first kappa shape index (κ1) is 18.1. The smallest absolute Gasteiger partial charge is 0.329 e. The number of halogens is 1. The predicted octanol–water partition coefficient (Wildman–Crippen LogP) is 3.33. The van der Waals surface area contributed by atoms with Crippen LogP contribution in [0.15, 0.2) is 35.0 Å². The molecule has 6 nitrogen and oxygen atoms in total. The highest BCUT2D eigenvalue weighted by atomic mass is 79.9. The van der Waals surface area contributed by atoms with Gasteiger partial charge in [-0.05, 0) is 37.6 Å². The van der Waals surface area contributed by atoms with Crippen molar-refractivity contribution >= 4 is 33.9 Å². The highest BCUT2D eigenvalue weighted by Gasteiger charge is 2.32. The Hall–Kier alpha value is -2.28. The van der Waals surface area contributed by atoms with Gasteiger partial charge in [0.2, 0.25) is 0 Å². The highest BCUT2D eigenvalue weighted by molar-refractivity contribution is 9.10. The van der Waals surface area contributed by atoms with E-state index in [9.17, 15) is 9.59 Å².